The third-order valence-electron chi connectivity index (χ3n) is 3.81. The predicted molar refractivity (Wildman–Crippen MR) is 81.2 cm³/mol. The second-order valence-corrected chi connectivity index (χ2v) is 6.14. The molecule has 1 saturated heterocycles. The van der Waals surface area contributed by atoms with Crippen LogP contribution in [0.2, 0.25) is 0 Å². The summed E-state index contributed by atoms with van der Waals surface area (Å²) in [5.74, 6) is 1.04. The average molecular weight is 290 g/mol. The van der Waals surface area contributed by atoms with Crippen molar-refractivity contribution in [3.63, 3.8) is 0 Å². The number of carbonyl (C=O) groups excluding carboxylic acids is 1. The highest BCUT2D eigenvalue weighted by Gasteiger charge is 2.21. The summed E-state index contributed by atoms with van der Waals surface area (Å²) in [6.07, 6.45) is 5.43. The molecule has 0 saturated carbocycles. The zero-order chi connectivity index (χ0) is 13.9. The van der Waals surface area contributed by atoms with Gasteiger partial charge in [-0.05, 0) is 25.3 Å². The van der Waals surface area contributed by atoms with Gasteiger partial charge in [-0.15, -0.1) is 11.3 Å². The molecule has 0 spiro atoms. The number of hydrogen-bond acceptors (Lipinski definition) is 5. The molecule has 0 aromatic carbocycles. The monoisotopic (exact) mass is 290 g/mol. The second kappa shape index (κ2) is 5.75. The van der Waals surface area contributed by atoms with Gasteiger partial charge >= 0.3 is 0 Å². The summed E-state index contributed by atoms with van der Waals surface area (Å²) in [6, 6.07) is 2.51. The van der Waals surface area contributed by atoms with E-state index in [1.807, 2.05) is 0 Å². The number of nitrogens with zero attached hydrogens (tertiary/aromatic N) is 3. The van der Waals surface area contributed by atoms with Crippen LogP contribution in [0.5, 0.6) is 0 Å². The molecule has 1 aliphatic rings. The Morgan fingerprint density at radius 1 is 1.45 bits per heavy atom. The summed E-state index contributed by atoms with van der Waals surface area (Å²) < 4.78 is 0. The first-order chi connectivity index (χ1) is 9.81. The maximum atomic E-state index is 10.5. The van der Waals surface area contributed by atoms with Gasteiger partial charge in [0.25, 0.3) is 0 Å². The molecule has 1 aliphatic heterocycles. The molecule has 5 nitrogen and oxygen atoms in total. The van der Waals surface area contributed by atoms with Crippen molar-refractivity contribution in [2.45, 2.75) is 32.2 Å². The van der Waals surface area contributed by atoms with Crippen molar-refractivity contribution in [2.24, 2.45) is 0 Å². The number of aryl methyl sites for hydroxylation is 1. The summed E-state index contributed by atoms with van der Waals surface area (Å²) in [7, 11) is 0. The molecule has 0 atom stereocenters. The Balaban J connectivity index is 1.84. The SMILES string of the molecule is CCc1cc2c(N3CCC(NC=O)CC3)ncnc2s1. The van der Waals surface area contributed by atoms with Crippen LogP contribution in [0.15, 0.2) is 12.4 Å². The van der Waals surface area contributed by atoms with Gasteiger partial charge in [0.15, 0.2) is 0 Å². The summed E-state index contributed by atoms with van der Waals surface area (Å²) in [6.45, 7) is 4.01. The van der Waals surface area contributed by atoms with Crippen molar-refractivity contribution in [3.05, 3.63) is 17.3 Å². The van der Waals surface area contributed by atoms with Gasteiger partial charge < -0.3 is 10.2 Å². The van der Waals surface area contributed by atoms with Gasteiger partial charge in [0, 0.05) is 24.0 Å². The van der Waals surface area contributed by atoms with Gasteiger partial charge in [-0.3, -0.25) is 4.79 Å². The largest absolute Gasteiger partial charge is 0.356 e. The van der Waals surface area contributed by atoms with E-state index in [9.17, 15) is 4.79 Å². The van der Waals surface area contributed by atoms with Gasteiger partial charge in [-0.2, -0.15) is 0 Å². The third kappa shape index (κ3) is 2.47. The lowest BCUT2D eigenvalue weighted by molar-refractivity contribution is -0.110. The van der Waals surface area contributed by atoms with E-state index in [-0.39, 0.29) is 0 Å². The second-order valence-electron chi connectivity index (χ2n) is 5.03. The highest BCUT2D eigenvalue weighted by molar-refractivity contribution is 7.18. The molecule has 2 aromatic rings. The number of thiophene rings is 1. The van der Waals surface area contributed by atoms with Crippen LogP contribution in [0.4, 0.5) is 5.82 Å². The number of amides is 1. The number of piperidine rings is 1. The van der Waals surface area contributed by atoms with Gasteiger partial charge in [0.2, 0.25) is 6.41 Å². The Morgan fingerprint density at radius 2 is 2.25 bits per heavy atom. The van der Waals surface area contributed by atoms with E-state index in [4.69, 9.17) is 0 Å². The van der Waals surface area contributed by atoms with E-state index in [0.717, 1.165) is 54.8 Å². The first-order valence-electron chi connectivity index (χ1n) is 7.00. The highest BCUT2D eigenvalue weighted by Crippen LogP contribution is 2.31. The van der Waals surface area contributed by atoms with Crippen LogP contribution >= 0.6 is 11.3 Å². The quantitative estimate of drug-likeness (QED) is 0.875. The van der Waals surface area contributed by atoms with E-state index in [2.05, 4.69) is 33.2 Å². The van der Waals surface area contributed by atoms with Crippen LogP contribution in [0, 0.1) is 0 Å². The average Bonchev–Trinajstić information content (AvgIpc) is 2.91. The van der Waals surface area contributed by atoms with Crippen LogP contribution < -0.4 is 10.2 Å². The normalized spacial score (nSPS) is 16.6. The van der Waals surface area contributed by atoms with E-state index in [0.29, 0.717) is 6.04 Å². The van der Waals surface area contributed by atoms with Crippen molar-refractivity contribution < 1.29 is 4.79 Å². The molecule has 6 heteroatoms. The molecule has 0 aliphatic carbocycles. The van der Waals surface area contributed by atoms with Crippen molar-refractivity contribution in [1.29, 1.82) is 0 Å². The van der Waals surface area contributed by atoms with Crippen molar-refractivity contribution in [3.8, 4) is 0 Å². The summed E-state index contributed by atoms with van der Waals surface area (Å²) >= 11 is 1.75. The molecule has 0 radical (unpaired) electrons. The Kier molecular flexibility index (Phi) is 3.82. The molecule has 0 bridgehead atoms. The van der Waals surface area contributed by atoms with E-state index >= 15 is 0 Å². The number of fused-ring (bicyclic) bond motifs is 1. The molecule has 0 unspecified atom stereocenters. The van der Waals surface area contributed by atoms with Gasteiger partial charge in [-0.1, -0.05) is 6.92 Å². The predicted octanol–water partition coefficient (Wildman–Crippen LogP) is 1.97. The first kappa shape index (κ1) is 13.3. The Morgan fingerprint density at radius 3 is 2.95 bits per heavy atom. The van der Waals surface area contributed by atoms with Crippen LogP contribution in [-0.4, -0.2) is 35.5 Å². The molecule has 1 fully saturated rings. The Hall–Kier alpha value is -1.69. The lowest BCUT2D eigenvalue weighted by Crippen LogP contribution is -2.42. The zero-order valence-electron chi connectivity index (χ0n) is 11.5. The zero-order valence-corrected chi connectivity index (χ0v) is 12.3. The lowest BCUT2D eigenvalue weighted by Gasteiger charge is -2.32. The number of nitrogens with one attached hydrogen (secondary N) is 1. The molecule has 1 N–H and O–H groups in total. The van der Waals surface area contributed by atoms with Crippen LogP contribution in [0.3, 0.4) is 0 Å². The minimum Gasteiger partial charge on any atom is -0.356 e. The van der Waals surface area contributed by atoms with E-state index in [1.165, 1.54) is 4.88 Å². The van der Waals surface area contributed by atoms with Gasteiger partial charge in [0.05, 0.1) is 5.39 Å². The standard InChI is InChI=1S/C14H18N4OS/c1-2-11-7-12-13(15-8-16-14(12)20-11)18-5-3-10(4-6-18)17-9-19/h7-10H,2-6H2,1H3,(H,17,19). The van der Waals surface area contributed by atoms with Gasteiger partial charge in [-0.25, -0.2) is 9.97 Å². The van der Waals surface area contributed by atoms with Crippen LogP contribution in [0.1, 0.15) is 24.6 Å². The van der Waals surface area contributed by atoms with Gasteiger partial charge in [0.1, 0.15) is 17.0 Å². The molecule has 3 rings (SSSR count). The first-order valence-corrected chi connectivity index (χ1v) is 7.81. The topological polar surface area (TPSA) is 58.1 Å². The number of anilines is 1. The molecule has 1 amide bonds. The number of aromatic nitrogens is 2. The molecular formula is C14H18N4OS. The fraction of sp³-hybridized carbons (Fsp3) is 0.500. The minimum atomic E-state index is 0.301. The Labute approximate surface area is 122 Å². The minimum absolute atomic E-state index is 0.301. The van der Waals surface area contributed by atoms with Crippen molar-refractivity contribution in [1.82, 2.24) is 15.3 Å². The maximum Gasteiger partial charge on any atom is 0.207 e. The summed E-state index contributed by atoms with van der Waals surface area (Å²) in [4.78, 5) is 24.1. The third-order valence-corrected chi connectivity index (χ3v) is 4.99. The fourth-order valence-corrected chi connectivity index (χ4v) is 3.60. The van der Waals surface area contributed by atoms with Crippen molar-refractivity contribution >= 4 is 33.8 Å². The lowest BCUT2D eigenvalue weighted by atomic mass is 10.1. The van der Waals surface area contributed by atoms with E-state index < -0.39 is 0 Å². The summed E-state index contributed by atoms with van der Waals surface area (Å²) in [5, 5.41) is 4.03. The molecule has 106 valence electrons. The number of hydrogen-bond donors (Lipinski definition) is 1. The fourth-order valence-electron chi connectivity index (χ4n) is 2.67. The van der Waals surface area contributed by atoms with Crippen LogP contribution in [0.25, 0.3) is 10.2 Å². The number of rotatable bonds is 4. The van der Waals surface area contributed by atoms with Crippen molar-refractivity contribution in [2.75, 3.05) is 18.0 Å². The molecule has 3 heterocycles. The smallest absolute Gasteiger partial charge is 0.207 e. The maximum absolute atomic E-state index is 10.5. The summed E-state index contributed by atoms with van der Waals surface area (Å²) in [5.41, 5.74) is 0. The molecular weight excluding hydrogens is 272 g/mol. The van der Waals surface area contributed by atoms with Crippen LogP contribution in [-0.2, 0) is 11.2 Å². The number of carbonyl (C=O) groups is 1. The molecule has 2 aromatic heterocycles. The van der Waals surface area contributed by atoms with E-state index in [1.54, 1.807) is 17.7 Å². The molecule has 20 heavy (non-hydrogen) atoms. The Bertz CT molecular complexity index is 604. The highest BCUT2D eigenvalue weighted by atomic mass is 32.1.